The Morgan fingerprint density at radius 3 is 2.60 bits per heavy atom. The molecule has 0 spiro atoms. The summed E-state index contributed by atoms with van der Waals surface area (Å²) in [6.45, 7) is 1.76. The van der Waals surface area contributed by atoms with Crippen LogP contribution in [-0.4, -0.2) is 17.2 Å². The van der Waals surface area contributed by atoms with E-state index < -0.39 is 12.1 Å². The molecule has 1 aromatic carbocycles. The van der Waals surface area contributed by atoms with E-state index in [4.69, 9.17) is 5.11 Å². The molecule has 0 saturated carbocycles. The number of para-hydroxylation sites is 1. The molecule has 1 rings (SSSR count). The van der Waals surface area contributed by atoms with Gasteiger partial charge in [0.25, 0.3) is 0 Å². The molecule has 1 aromatic rings. The average molecular weight is 216 g/mol. The molecule has 5 heteroatoms. The minimum Gasteiger partial charge on any atom is -0.474 e. The molecule has 0 aliphatic heterocycles. The van der Waals surface area contributed by atoms with Crippen molar-refractivity contribution in [2.45, 2.75) is 19.5 Å². The number of benzene rings is 1. The molecular weight excluding hydrogens is 206 g/mol. The Hall–Kier alpha value is -1.65. The molecule has 0 aromatic heterocycles. The quantitative estimate of drug-likeness (QED) is 0.839. The molecule has 0 aliphatic rings. The second kappa shape index (κ2) is 4.25. The van der Waals surface area contributed by atoms with Crippen molar-refractivity contribution in [1.82, 2.24) is 0 Å². The fourth-order valence-corrected chi connectivity index (χ4v) is 1.08. The first kappa shape index (κ1) is 11.4. The van der Waals surface area contributed by atoms with Gasteiger partial charge in [0.15, 0.2) is 0 Å². The van der Waals surface area contributed by atoms with E-state index in [1.165, 1.54) is 12.1 Å². The van der Waals surface area contributed by atoms with E-state index in [0.717, 1.165) is 0 Å². The summed E-state index contributed by atoms with van der Waals surface area (Å²) >= 11 is 0. The van der Waals surface area contributed by atoms with Crippen LogP contribution in [0.1, 0.15) is 12.5 Å². The van der Waals surface area contributed by atoms with E-state index in [1.54, 1.807) is 19.1 Å². The number of carboxylic acid groups (broad SMARTS) is 1. The van der Waals surface area contributed by atoms with E-state index >= 15 is 0 Å². The van der Waals surface area contributed by atoms with Crippen molar-refractivity contribution in [3.63, 3.8) is 0 Å². The Bertz CT molecular complexity index is 363. The summed E-state index contributed by atoms with van der Waals surface area (Å²) in [5.74, 6) is -2.40. The van der Waals surface area contributed by atoms with Crippen LogP contribution >= 0.6 is 0 Å². The van der Waals surface area contributed by atoms with Gasteiger partial charge in [-0.2, -0.15) is 8.78 Å². The number of carbonyl (C=O) groups is 1. The maximum Gasteiger partial charge on any atom is 0.501 e. The molecule has 0 bridgehead atoms. The van der Waals surface area contributed by atoms with Gasteiger partial charge in [0.2, 0.25) is 0 Å². The molecule has 0 unspecified atom stereocenters. The molecule has 0 fully saturated rings. The largest absolute Gasteiger partial charge is 0.501 e. The zero-order valence-electron chi connectivity index (χ0n) is 8.04. The summed E-state index contributed by atoms with van der Waals surface area (Å²) in [7, 11) is 0. The van der Waals surface area contributed by atoms with Crippen molar-refractivity contribution in [3.05, 3.63) is 29.8 Å². The summed E-state index contributed by atoms with van der Waals surface area (Å²) in [5.41, 5.74) is 0.540. The number of aliphatic carboxylic acids is 1. The fourth-order valence-electron chi connectivity index (χ4n) is 1.08. The van der Waals surface area contributed by atoms with E-state index in [-0.39, 0.29) is 5.75 Å². The molecule has 0 heterocycles. The van der Waals surface area contributed by atoms with Gasteiger partial charge in [0, 0.05) is 0 Å². The Balaban J connectivity index is 2.94. The van der Waals surface area contributed by atoms with E-state index in [2.05, 4.69) is 4.74 Å². The minimum absolute atomic E-state index is 0.104. The maximum absolute atomic E-state index is 12.7. The predicted octanol–water partition coefficient (Wildman–Crippen LogP) is 2.31. The van der Waals surface area contributed by atoms with Crippen LogP contribution in [0.2, 0.25) is 0 Å². The third-order valence-corrected chi connectivity index (χ3v) is 1.84. The summed E-state index contributed by atoms with van der Waals surface area (Å²) in [6.07, 6.45) is -3.70. The summed E-state index contributed by atoms with van der Waals surface area (Å²) < 4.78 is 29.6. The van der Waals surface area contributed by atoms with Crippen LogP contribution in [0, 0.1) is 0 Å². The van der Waals surface area contributed by atoms with Gasteiger partial charge in [0.1, 0.15) is 5.75 Å². The highest BCUT2D eigenvalue weighted by Crippen LogP contribution is 2.25. The summed E-state index contributed by atoms with van der Waals surface area (Å²) in [4.78, 5) is 10.2. The van der Waals surface area contributed by atoms with E-state index in [1.807, 2.05) is 0 Å². The van der Waals surface area contributed by atoms with Crippen molar-refractivity contribution in [3.8, 4) is 5.75 Å². The number of alkyl halides is 2. The van der Waals surface area contributed by atoms with Crippen LogP contribution < -0.4 is 4.74 Å². The molecular formula is C10H10F2O3. The molecule has 15 heavy (non-hydrogen) atoms. The van der Waals surface area contributed by atoms with Gasteiger partial charge in [-0.25, -0.2) is 4.79 Å². The third kappa shape index (κ3) is 2.65. The summed E-state index contributed by atoms with van der Waals surface area (Å²) in [6, 6.07) is 6.10. The normalized spacial score (nSPS) is 11.1. The van der Waals surface area contributed by atoms with Crippen molar-refractivity contribution >= 4 is 5.97 Å². The minimum atomic E-state index is -4.19. The number of hydrogen-bond acceptors (Lipinski definition) is 2. The molecule has 0 saturated heterocycles. The monoisotopic (exact) mass is 216 g/mol. The Morgan fingerprint density at radius 2 is 2.07 bits per heavy atom. The zero-order valence-corrected chi connectivity index (χ0v) is 8.04. The zero-order chi connectivity index (χ0) is 11.5. The Labute approximate surface area is 85.3 Å². The van der Waals surface area contributed by atoms with Gasteiger partial charge in [-0.15, -0.1) is 0 Å². The number of carboxylic acids is 1. The predicted molar refractivity (Wildman–Crippen MR) is 49.0 cm³/mol. The standard InChI is InChI=1S/C10H10F2O3/c1-2-7-5-3-4-6-8(7)15-10(11,12)9(13)14/h3-6H,2H2,1H3,(H,13,14). The van der Waals surface area contributed by atoms with Crippen LogP contribution in [0.15, 0.2) is 24.3 Å². The number of ether oxygens (including phenoxy) is 1. The third-order valence-electron chi connectivity index (χ3n) is 1.84. The van der Waals surface area contributed by atoms with Crippen molar-refractivity contribution < 1.29 is 23.4 Å². The molecule has 0 atom stereocenters. The SMILES string of the molecule is CCc1ccccc1OC(F)(F)C(=O)O. The van der Waals surface area contributed by atoms with Crippen molar-refractivity contribution in [2.75, 3.05) is 0 Å². The van der Waals surface area contributed by atoms with Gasteiger partial charge >= 0.3 is 12.1 Å². The lowest BCUT2D eigenvalue weighted by Gasteiger charge is -2.15. The Morgan fingerprint density at radius 1 is 1.47 bits per heavy atom. The lowest BCUT2D eigenvalue weighted by molar-refractivity contribution is -0.211. The van der Waals surface area contributed by atoms with Crippen LogP contribution in [0.4, 0.5) is 8.78 Å². The van der Waals surface area contributed by atoms with Crippen LogP contribution in [0.25, 0.3) is 0 Å². The van der Waals surface area contributed by atoms with Crippen molar-refractivity contribution in [1.29, 1.82) is 0 Å². The second-order valence-electron chi connectivity index (χ2n) is 2.89. The van der Waals surface area contributed by atoms with Gasteiger partial charge < -0.3 is 9.84 Å². The number of rotatable bonds is 4. The van der Waals surface area contributed by atoms with Crippen LogP contribution in [0.3, 0.4) is 0 Å². The van der Waals surface area contributed by atoms with Crippen LogP contribution in [0.5, 0.6) is 5.75 Å². The van der Waals surface area contributed by atoms with E-state index in [9.17, 15) is 13.6 Å². The average Bonchev–Trinajstić information content (AvgIpc) is 2.18. The summed E-state index contributed by atoms with van der Waals surface area (Å²) in [5, 5.41) is 8.19. The van der Waals surface area contributed by atoms with Gasteiger partial charge in [-0.3, -0.25) is 0 Å². The highest BCUT2D eigenvalue weighted by atomic mass is 19.3. The highest BCUT2D eigenvalue weighted by Gasteiger charge is 2.42. The first-order valence-electron chi connectivity index (χ1n) is 4.35. The van der Waals surface area contributed by atoms with E-state index in [0.29, 0.717) is 12.0 Å². The molecule has 1 N–H and O–H groups in total. The van der Waals surface area contributed by atoms with Gasteiger partial charge in [-0.05, 0) is 18.1 Å². The Kier molecular flexibility index (Phi) is 3.24. The number of halogens is 2. The molecule has 0 amide bonds. The molecule has 82 valence electrons. The first-order valence-corrected chi connectivity index (χ1v) is 4.35. The first-order chi connectivity index (χ1) is 6.97. The number of hydrogen-bond donors (Lipinski definition) is 1. The lowest BCUT2D eigenvalue weighted by Crippen LogP contribution is -2.35. The second-order valence-corrected chi connectivity index (χ2v) is 2.89. The molecule has 3 nitrogen and oxygen atoms in total. The van der Waals surface area contributed by atoms with Crippen LogP contribution in [-0.2, 0) is 11.2 Å². The van der Waals surface area contributed by atoms with Gasteiger partial charge in [-0.1, -0.05) is 25.1 Å². The van der Waals surface area contributed by atoms with Crippen molar-refractivity contribution in [2.24, 2.45) is 0 Å². The highest BCUT2D eigenvalue weighted by molar-refractivity contribution is 5.74. The number of aryl methyl sites for hydroxylation is 1. The topological polar surface area (TPSA) is 46.5 Å². The maximum atomic E-state index is 12.7. The smallest absolute Gasteiger partial charge is 0.474 e. The molecule has 0 radical (unpaired) electrons. The lowest BCUT2D eigenvalue weighted by atomic mass is 10.1. The fraction of sp³-hybridized carbons (Fsp3) is 0.300. The van der Waals surface area contributed by atoms with Gasteiger partial charge in [0.05, 0.1) is 0 Å². The molecule has 0 aliphatic carbocycles.